The summed E-state index contributed by atoms with van der Waals surface area (Å²) in [6.07, 6.45) is -6.44. The number of aliphatic hydroxyl groups excluding tert-OH is 1. The Balaban J connectivity index is 1.55. The summed E-state index contributed by atoms with van der Waals surface area (Å²) in [5.74, 6) is -0.328. The maximum absolute atomic E-state index is 13.5. The van der Waals surface area contributed by atoms with Crippen LogP contribution in [0.25, 0.3) is 0 Å². The fraction of sp³-hybridized carbons (Fsp3) is 0.333. The van der Waals surface area contributed by atoms with Crippen LogP contribution in [0.5, 0.6) is 11.5 Å². The van der Waals surface area contributed by atoms with Gasteiger partial charge in [0.25, 0.3) is 8.32 Å². The molecule has 1 aliphatic heterocycles. The van der Waals surface area contributed by atoms with Gasteiger partial charge in [0.15, 0.2) is 12.2 Å². The van der Waals surface area contributed by atoms with E-state index in [1.807, 2.05) is 43.3 Å². The van der Waals surface area contributed by atoms with Gasteiger partial charge in [-0.3, -0.25) is 4.79 Å². The average molecular weight is 685 g/mol. The van der Waals surface area contributed by atoms with E-state index < -0.39 is 51.0 Å². The van der Waals surface area contributed by atoms with Crippen molar-refractivity contribution in [3.05, 3.63) is 120 Å². The highest BCUT2D eigenvalue weighted by Gasteiger charge is 2.54. The van der Waals surface area contributed by atoms with E-state index in [4.69, 9.17) is 28.1 Å². The van der Waals surface area contributed by atoms with Gasteiger partial charge in [-0.05, 0) is 58.7 Å². The molecule has 9 nitrogen and oxygen atoms in total. The van der Waals surface area contributed by atoms with Gasteiger partial charge < -0.3 is 33.2 Å². The molecule has 0 amide bonds. The minimum Gasteiger partial charge on any atom is -0.497 e. The summed E-state index contributed by atoms with van der Waals surface area (Å²) < 4.78 is 36.7. The second-order valence-corrected chi connectivity index (χ2v) is 17.4. The number of ether oxygens (including phenoxy) is 5. The van der Waals surface area contributed by atoms with Crippen molar-refractivity contribution >= 4 is 30.6 Å². The molecule has 0 saturated carbocycles. The normalized spacial score (nSPS) is 21.0. The number of esters is 2. The first-order valence-corrected chi connectivity index (χ1v) is 18.2. The van der Waals surface area contributed by atoms with Crippen molar-refractivity contribution in [3.8, 4) is 11.5 Å². The van der Waals surface area contributed by atoms with Gasteiger partial charge in [0, 0.05) is 6.92 Å². The molecule has 0 radical (unpaired) electrons. The molecule has 0 bridgehead atoms. The van der Waals surface area contributed by atoms with E-state index in [1.165, 1.54) is 6.92 Å². The molecule has 0 aromatic heterocycles. The van der Waals surface area contributed by atoms with E-state index in [9.17, 15) is 14.7 Å². The van der Waals surface area contributed by atoms with E-state index in [2.05, 4.69) is 45.0 Å². The van der Waals surface area contributed by atoms with Gasteiger partial charge in [-0.1, -0.05) is 99.1 Å². The van der Waals surface area contributed by atoms with Crippen molar-refractivity contribution in [2.45, 2.75) is 70.4 Å². The largest absolute Gasteiger partial charge is 0.497 e. The molecule has 0 spiro atoms. The fourth-order valence-corrected chi connectivity index (χ4v) is 10.8. The molecule has 1 N–H and O–H groups in total. The SMILES string of the molecule is COc1ccc(O[C@@H]2O[C@H](CO[Si](c3ccccc3)(c3ccccc3)C(C)(C)C)[C@H](OC(=O)c3ccc(C)cc3)[C@H](O)[C@H]2OC(C)=O)cc1. The minimum absolute atomic E-state index is 0.0779. The lowest BCUT2D eigenvalue weighted by molar-refractivity contribution is -0.280. The third-order valence-electron chi connectivity index (χ3n) is 8.64. The highest BCUT2D eigenvalue weighted by atomic mass is 28.4. The summed E-state index contributed by atoms with van der Waals surface area (Å²) in [5.41, 5.74) is 1.27. The van der Waals surface area contributed by atoms with Crippen LogP contribution in [0.4, 0.5) is 0 Å². The van der Waals surface area contributed by atoms with Crippen LogP contribution in [-0.4, -0.2) is 69.8 Å². The summed E-state index contributed by atoms with van der Waals surface area (Å²) in [5, 5.41) is 13.6. The molecule has 0 unspecified atom stereocenters. The highest BCUT2D eigenvalue weighted by molar-refractivity contribution is 6.99. The molecule has 4 aromatic carbocycles. The molecular weight excluding hydrogens is 641 g/mol. The molecule has 5 atom stereocenters. The minimum atomic E-state index is -3.09. The molecule has 1 aliphatic rings. The molecule has 10 heteroatoms. The standard InChI is InChI=1S/C39H44O9Si/c1-26-17-19-28(20-18-26)37(42)48-35-33(47-38(36(34(35)41)45-27(2)40)46-30-23-21-29(43-6)22-24-30)25-44-49(39(3,4)5,31-13-9-7-10-14-31)32-15-11-8-12-16-32/h7-24,33-36,38,41H,25H2,1-6H3/t33-,34+,35+,36-,38-/m1/s1. The van der Waals surface area contributed by atoms with E-state index in [0.717, 1.165) is 15.9 Å². The first-order valence-electron chi connectivity index (χ1n) is 16.3. The van der Waals surface area contributed by atoms with Crippen molar-refractivity contribution in [1.82, 2.24) is 0 Å². The molecule has 1 saturated heterocycles. The summed E-state index contributed by atoms with van der Waals surface area (Å²) in [4.78, 5) is 25.8. The van der Waals surface area contributed by atoms with Gasteiger partial charge in [-0.15, -0.1) is 0 Å². The molecule has 5 rings (SSSR count). The Labute approximate surface area is 288 Å². The maximum Gasteiger partial charge on any atom is 0.338 e. The van der Waals surface area contributed by atoms with E-state index >= 15 is 0 Å². The number of hydrogen-bond donors (Lipinski definition) is 1. The van der Waals surface area contributed by atoms with Crippen LogP contribution in [0.15, 0.2) is 109 Å². The monoisotopic (exact) mass is 684 g/mol. The van der Waals surface area contributed by atoms with Crippen LogP contribution in [0.3, 0.4) is 0 Å². The van der Waals surface area contributed by atoms with Gasteiger partial charge in [0.05, 0.1) is 19.3 Å². The van der Waals surface area contributed by atoms with Crippen molar-refractivity contribution in [1.29, 1.82) is 0 Å². The maximum atomic E-state index is 13.5. The lowest BCUT2D eigenvalue weighted by Crippen LogP contribution is -2.68. The van der Waals surface area contributed by atoms with Crippen LogP contribution < -0.4 is 19.8 Å². The summed E-state index contributed by atoms with van der Waals surface area (Å²) >= 11 is 0. The number of benzene rings is 4. The number of carbonyl (C=O) groups excluding carboxylic acids is 2. The smallest absolute Gasteiger partial charge is 0.338 e. The number of aliphatic hydroxyl groups is 1. The molecule has 1 heterocycles. The van der Waals surface area contributed by atoms with Crippen LogP contribution in [0.2, 0.25) is 5.04 Å². The number of methoxy groups -OCH3 is 1. The van der Waals surface area contributed by atoms with Crippen LogP contribution >= 0.6 is 0 Å². The predicted octanol–water partition coefficient (Wildman–Crippen LogP) is 5.20. The lowest BCUT2D eigenvalue weighted by atomic mass is 9.98. The quantitative estimate of drug-likeness (QED) is 0.168. The summed E-state index contributed by atoms with van der Waals surface area (Å²) in [6, 6.07) is 33.9. The lowest BCUT2D eigenvalue weighted by Gasteiger charge is -2.46. The van der Waals surface area contributed by atoms with Crippen LogP contribution in [0.1, 0.15) is 43.6 Å². The first kappa shape index (κ1) is 35.8. The van der Waals surface area contributed by atoms with Crippen molar-refractivity contribution in [2.75, 3.05) is 13.7 Å². The van der Waals surface area contributed by atoms with Crippen molar-refractivity contribution < 1.29 is 42.8 Å². The topological polar surface area (TPSA) is 110 Å². The zero-order chi connectivity index (χ0) is 35.2. The summed E-state index contributed by atoms with van der Waals surface area (Å²) in [6.45, 7) is 9.51. The zero-order valence-electron chi connectivity index (χ0n) is 28.7. The molecule has 0 aliphatic carbocycles. The van der Waals surface area contributed by atoms with Crippen molar-refractivity contribution in [2.24, 2.45) is 0 Å². The number of hydrogen-bond acceptors (Lipinski definition) is 9. The van der Waals surface area contributed by atoms with Gasteiger partial charge in [0.2, 0.25) is 6.29 Å². The predicted molar refractivity (Wildman–Crippen MR) is 188 cm³/mol. The Morgan fingerprint density at radius 2 is 1.33 bits per heavy atom. The van der Waals surface area contributed by atoms with Gasteiger partial charge in [0.1, 0.15) is 23.7 Å². The third kappa shape index (κ3) is 8.05. The molecule has 4 aromatic rings. The Morgan fingerprint density at radius 1 is 0.776 bits per heavy atom. The van der Waals surface area contributed by atoms with Crippen LogP contribution in [-0.2, 0) is 23.4 Å². The molecule has 258 valence electrons. The van der Waals surface area contributed by atoms with Gasteiger partial charge in [-0.25, -0.2) is 4.79 Å². The zero-order valence-corrected chi connectivity index (χ0v) is 29.7. The number of rotatable bonds is 11. The average Bonchev–Trinajstić information content (AvgIpc) is 3.09. The Bertz CT molecular complexity index is 1630. The number of aryl methyl sites for hydroxylation is 1. The van der Waals surface area contributed by atoms with Crippen molar-refractivity contribution in [3.63, 3.8) is 0 Å². The van der Waals surface area contributed by atoms with Gasteiger partial charge in [-0.2, -0.15) is 0 Å². The van der Waals surface area contributed by atoms with E-state index in [0.29, 0.717) is 17.1 Å². The Hall–Kier alpha value is -4.48. The van der Waals surface area contributed by atoms with Crippen LogP contribution in [0, 0.1) is 6.92 Å². The highest BCUT2D eigenvalue weighted by Crippen LogP contribution is 2.38. The third-order valence-corrected chi connectivity index (χ3v) is 13.6. The molecule has 1 fully saturated rings. The molecular formula is C39H44O9Si. The van der Waals surface area contributed by atoms with E-state index in [-0.39, 0.29) is 11.6 Å². The second-order valence-electron chi connectivity index (χ2n) is 13.1. The second kappa shape index (κ2) is 15.4. The molecule has 49 heavy (non-hydrogen) atoms. The Kier molecular flexibility index (Phi) is 11.2. The van der Waals surface area contributed by atoms with Gasteiger partial charge >= 0.3 is 11.9 Å². The Morgan fingerprint density at radius 3 is 1.84 bits per heavy atom. The first-order chi connectivity index (χ1) is 23.4. The fourth-order valence-electron chi connectivity index (χ4n) is 6.22. The summed E-state index contributed by atoms with van der Waals surface area (Å²) in [7, 11) is -1.53. The number of carbonyl (C=O) groups is 2. The van der Waals surface area contributed by atoms with E-state index in [1.54, 1.807) is 55.6 Å².